The van der Waals surface area contributed by atoms with Crippen molar-refractivity contribution >= 4 is 27.6 Å². The second-order valence-electron chi connectivity index (χ2n) is 7.52. The van der Waals surface area contributed by atoms with Crippen LogP contribution in [-0.4, -0.2) is 51.3 Å². The van der Waals surface area contributed by atoms with Gasteiger partial charge >= 0.3 is 6.03 Å². The first kappa shape index (κ1) is 23.6. The molecule has 3 amide bonds. The maximum Gasteiger partial charge on any atom is 0.321 e. The predicted octanol–water partition coefficient (Wildman–Crippen LogP) is 2.83. The van der Waals surface area contributed by atoms with E-state index in [2.05, 4.69) is 16.0 Å². The molecule has 0 aliphatic carbocycles. The third-order valence-electron chi connectivity index (χ3n) is 5.04. The van der Waals surface area contributed by atoms with Crippen molar-refractivity contribution in [3.05, 3.63) is 48.0 Å². The average molecular weight is 461 g/mol. The van der Waals surface area contributed by atoms with Crippen LogP contribution in [-0.2, 0) is 14.8 Å². The number of imide groups is 1. The predicted molar refractivity (Wildman–Crippen MR) is 121 cm³/mol. The minimum absolute atomic E-state index is 0.116. The molecule has 1 heterocycles. The Bertz CT molecular complexity index is 1080. The molecule has 1 fully saturated rings. The van der Waals surface area contributed by atoms with Crippen molar-refractivity contribution in [1.29, 1.82) is 0 Å². The van der Waals surface area contributed by atoms with Crippen LogP contribution in [0, 0.1) is 6.92 Å². The van der Waals surface area contributed by atoms with Gasteiger partial charge in [0.1, 0.15) is 5.75 Å². The van der Waals surface area contributed by atoms with Gasteiger partial charge in [-0.1, -0.05) is 18.6 Å². The summed E-state index contributed by atoms with van der Waals surface area (Å²) in [6, 6.07) is 11.3. The van der Waals surface area contributed by atoms with Crippen LogP contribution in [0.5, 0.6) is 11.5 Å². The normalized spacial score (nSPS) is 14.4. The number of nitrogens with one attached hydrogen (secondary N) is 3. The molecule has 0 atom stereocenters. The molecule has 0 radical (unpaired) electrons. The molecule has 2 aromatic rings. The summed E-state index contributed by atoms with van der Waals surface area (Å²) in [7, 11) is -2.27. The molecule has 9 nitrogen and oxygen atoms in total. The number of ether oxygens (including phenoxy) is 1. The van der Waals surface area contributed by atoms with Crippen molar-refractivity contribution in [1.82, 2.24) is 14.9 Å². The summed E-state index contributed by atoms with van der Waals surface area (Å²) in [5.74, 6) is 0.366. The lowest BCUT2D eigenvalue weighted by atomic mass is 10.2. The van der Waals surface area contributed by atoms with Gasteiger partial charge in [0.25, 0.3) is 0 Å². The van der Waals surface area contributed by atoms with Crippen molar-refractivity contribution in [3.63, 3.8) is 0 Å². The highest BCUT2D eigenvalue weighted by Crippen LogP contribution is 2.33. The monoisotopic (exact) mass is 460 g/mol. The summed E-state index contributed by atoms with van der Waals surface area (Å²) < 4.78 is 33.6. The van der Waals surface area contributed by atoms with Gasteiger partial charge in [0, 0.05) is 20.1 Å². The highest BCUT2D eigenvalue weighted by atomic mass is 32.2. The van der Waals surface area contributed by atoms with Gasteiger partial charge in [-0.25, -0.2) is 13.2 Å². The molecule has 0 bridgehead atoms. The van der Waals surface area contributed by atoms with E-state index >= 15 is 0 Å². The zero-order chi connectivity index (χ0) is 23.1. The number of benzene rings is 2. The largest absolute Gasteiger partial charge is 0.455 e. The molecule has 1 aliphatic heterocycles. The lowest BCUT2D eigenvalue weighted by molar-refractivity contribution is -0.118. The Balaban J connectivity index is 1.88. The molecule has 1 aliphatic rings. The van der Waals surface area contributed by atoms with Crippen molar-refractivity contribution in [3.8, 4) is 11.5 Å². The van der Waals surface area contributed by atoms with Crippen molar-refractivity contribution in [2.75, 3.05) is 32.0 Å². The Morgan fingerprint density at radius 1 is 1.06 bits per heavy atom. The molecule has 0 aromatic heterocycles. The molecule has 0 unspecified atom stereocenters. The Morgan fingerprint density at radius 3 is 2.50 bits per heavy atom. The first-order chi connectivity index (χ1) is 15.3. The van der Waals surface area contributed by atoms with Gasteiger partial charge in [-0.15, -0.1) is 0 Å². The summed E-state index contributed by atoms with van der Waals surface area (Å²) in [5.41, 5.74) is 1.34. The number of amides is 3. The van der Waals surface area contributed by atoms with Gasteiger partial charge in [-0.2, -0.15) is 4.31 Å². The molecule has 0 saturated carbocycles. The molecule has 32 heavy (non-hydrogen) atoms. The van der Waals surface area contributed by atoms with Gasteiger partial charge in [-0.05, 0) is 55.7 Å². The van der Waals surface area contributed by atoms with E-state index in [-0.39, 0.29) is 11.4 Å². The Hall–Kier alpha value is -3.11. The van der Waals surface area contributed by atoms with Crippen LogP contribution < -0.4 is 20.7 Å². The number of aryl methyl sites for hydroxylation is 1. The van der Waals surface area contributed by atoms with Gasteiger partial charge in [0.2, 0.25) is 15.9 Å². The second-order valence-corrected chi connectivity index (χ2v) is 9.46. The van der Waals surface area contributed by atoms with Crippen LogP contribution in [0.4, 0.5) is 10.5 Å². The van der Waals surface area contributed by atoms with E-state index in [1.807, 2.05) is 25.1 Å². The van der Waals surface area contributed by atoms with Gasteiger partial charge < -0.3 is 15.4 Å². The molecular formula is C22H28N4O5S. The lowest BCUT2D eigenvalue weighted by Gasteiger charge is -2.26. The Morgan fingerprint density at radius 2 is 1.81 bits per heavy atom. The standard InChI is InChI=1S/C22H28N4O5S/c1-16-7-6-8-17(13-16)31-20-10-9-18(32(29,30)26-11-4-3-5-12-26)14-19(20)24-15-21(27)25-22(28)23-2/h6-10,13-14,24H,3-5,11-12,15H2,1-2H3,(H2,23,25,27,28). The number of sulfonamides is 1. The average Bonchev–Trinajstić information content (AvgIpc) is 2.78. The topological polar surface area (TPSA) is 117 Å². The maximum absolute atomic E-state index is 13.1. The van der Waals surface area contributed by atoms with E-state index in [0.717, 1.165) is 24.8 Å². The van der Waals surface area contributed by atoms with Crippen LogP contribution in [0.25, 0.3) is 0 Å². The number of urea groups is 1. The minimum atomic E-state index is -3.67. The summed E-state index contributed by atoms with van der Waals surface area (Å²) in [6.45, 7) is 2.66. The summed E-state index contributed by atoms with van der Waals surface area (Å²) >= 11 is 0. The molecule has 0 spiro atoms. The Labute approximate surface area is 188 Å². The minimum Gasteiger partial charge on any atom is -0.455 e. The fourth-order valence-electron chi connectivity index (χ4n) is 3.37. The smallest absolute Gasteiger partial charge is 0.321 e. The van der Waals surface area contributed by atoms with Crippen molar-refractivity contribution in [2.24, 2.45) is 0 Å². The van der Waals surface area contributed by atoms with Gasteiger partial charge in [0.05, 0.1) is 17.1 Å². The number of piperidine rings is 1. The first-order valence-electron chi connectivity index (χ1n) is 10.4. The van der Waals surface area contributed by atoms with E-state index in [0.29, 0.717) is 30.3 Å². The second kappa shape index (κ2) is 10.5. The maximum atomic E-state index is 13.1. The van der Waals surface area contributed by atoms with E-state index in [9.17, 15) is 18.0 Å². The number of rotatable bonds is 7. The third kappa shape index (κ3) is 5.98. The fraction of sp³-hybridized carbons (Fsp3) is 0.364. The molecule has 3 N–H and O–H groups in total. The SMILES string of the molecule is CNC(=O)NC(=O)CNc1cc(S(=O)(=O)N2CCCCC2)ccc1Oc1cccc(C)c1. The third-order valence-corrected chi connectivity index (χ3v) is 6.94. The molecule has 172 valence electrons. The number of carbonyl (C=O) groups is 2. The van der Waals surface area contributed by atoms with Gasteiger partial charge in [0.15, 0.2) is 5.75 Å². The van der Waals surface area contributed by atoms with E-state index in [1.165, 1.54) is 23.5 Å². The fourth-order valence-corrected chi connectivity index (χ4v) is 4.91. The van der Waals surface area contributed by atoms with E-state index in [1.54, 1.807) is 12.1 Å². The van der Waals surface area contributed by atoms with Crippen LogP contribution in [0.2, 0.25) is 0 Å². The number of nitrogens with zero attached hydrogens (tertiary/aromatic N) is 1. The molecule has 10 heteroatoms. The van der Waals surface area contributed by atoms with Gasteiger partial charge in [-0.3, -0.25) is 10.1 Å². The molecule has 3 rings (SSSR count). The Kier molecular flexibility index (Phi) is 7.70. The van der Waals surface area contributed by atoms with E-state index in [4.69, 9.17) is 4.74 Å². The summed E-state index contributed by atoms with van der Waals surface area (Å²) in [6.07, 6.45) is 2.68. The zero-order valence-corrected chi connectivity index (χ0v) is 19.0. The number of hydrogen-bond acceptors (Lipinski definition) is 6. The van der Waals surface area contributed by atoms with Crippen LogP contribution in [0.15, 0.2) is 47.4 Å². The van der Waals surface area contributed by atoms with E-state index < -0.39 is 22.0 Å². The van der Waals surface area contributed by atoms with Crippen LogP contribution in [0.1, 0.15) is 24.8 Å². The molecule has 2 aromatic carbocycles. The zero-order valence-electron chi connectivity index (χ0n) is 18.2. The number of carbonyl (C=O) groups excluding carboxylic acids is 2. The van der Waals surface area contributed by atoms with Crippen molar-refractivity contribution < 1.29 is 22.7 Å². The highest BCUT2D eigenvalue weighted by molar-refractivity contribution is 7.89. The summed E-state index contributed by atoms with van der Waals surface area (Å²) in [5, 5.41) is 7.35. The number of anilines is 1. The molecular weight excluding hydrogens is 432 g/mol. The van der Waals surface area contributed by atoms with Crippen LogP contribution >= 0.6 is 0 Å². The van der Waals surface area contributed by atoms with Crippen LogP contribution in [0.3, 0.4) is 0 Å². The molecule has 1 saturated heterocycles. The lowest BCUT2D eigenvalue weighted by Crippen LogP contribution is -2.40. The first-order valence-corrected chi connectivity index (χ1v) is 11.9. The quantitative estimate of drug-likeness (QED) is 0.585. The van der Waals surface area contributed by atoms with Crippen molar-refractivity contribution in [2.45, 2.75) is 31.1 Å². The highest BCUT2D eigenvalue weighted by Gasteiger charge is 2.27. The number of hydrogen-bond donors (Lipinski definition) is 3. The summed E-state index contributed by atoms with van der Waals surface area (Å²) in [4.78, 5) is 23.5.